The van der Waals surface area contributed by atoms with Gasteiger partial charge in [0.2, 0.25) is 5.96 Å². The van der Waals surface area contributed by atoms with Crippen molar-refractivity contribution in [3.05, 3.63) is 48.0 Å². The van der Waals surface area contributed by atoms with Crippen molar-refractivity contribution >= 4 is 22.6 Å². The lowest BCUT2D eigenvalue weighted by Gasteiger charge is -2.07. The summed E-state index contributed by atoms with van der Waals surface area (Å²) < 4.78 is 0. The third-order valence-electron chi connectivity index (χ3n) is 3.03. The molecule has 5 nitrogen and oxygen atoms in total. The molecule has 5 heteroatoms. The summed E-state index contributed by atoms with van der Waals surface area (Å²) in [5, 5.41) is 8.07. The van der Waals surface area contributed by atoms with E-state index in [2.05, 4.69) is 17.4 Å². The first-order valence-electron chi connectivity index (χ1n) is 6.97. The molecule has 3 N–H and O–H groups in total. The molecule has 0 unspecified atom stereocenters. The number of amides is 1. The molecule has 0 atom stereocenters. The standard InChI is InChI=1S/C16H19N3O2/c1-2-3-11-21-19-16(17)18-15(20)14-10-6-8-12-7-4-5-9-13(12)14/h4-10H,2-3,11H2,1H3,(H3,17,18,19,20). The van der Waals surface area contributed by atoms with Gasteiger partial charge in [-0.3, -0.25) is 10.1 Å². The number of rotatable bonds is 5. The van der Waals surface area contributed by atoms with E-state index in [0.29, 0.717) is 12.2 Å². The summed E-state index contributed by atoms with van der Waals surface area (Å²) in [6.07, 6.45) is 1.91. The van der Waals surface area contributed by atoms with Crippen LogP contribution < -0.4 is 11.1 Å². The summed E-state index contributed by atoms with van der Waals surface area (Å²) in [7, 11) is 0. The SMILES string of the molecule is CCCCON=C(N)NC(=O)c1cccc2ccccc12. The molecule has 2 aromatic rings. The van der Waals surface area contributed by atoms with Gasteiger partial charge in [-0.25, -0.2) is 0 Å². The number of hydrogen-bond acceptors (Lipinski definition) is 3. The zero-order valence-electron chi connectivity index (χ0n) is 12.0. The number of nitrogens with zero attached hydrogens (tertiary/aromatic N) is 1. The Labute approximate surface area is 123 Å². The number of carbonyl (C=O) groups is 1. The molecule has 0 aromatic heterocycles. The van der Waals surface area contributed by atoms with Crippen molar-refractivity contribution in [1.29, 1.82) is 0 Å². The fourth-order valence-electron chi connectivity index (χ4n) is 1.95. The van der Waals surface area contributed by atoms with Crippen molar-refractivity contribution in [1.82, 2.24) is 5.32 Å². The van der Waals surface area contributed by atoms with Crippen molar-refractivity contribution in [3.8, 4) is 0 Å². The van der Waals surface area contributed by atoms with E-state index >= 15 is 0 Å². The fraction of sp³-hybridized carbons (Fsp3) is 0.250. The van der Waals surface area contributed by atoms with Crippen LogP contribution >= 0.6 is 0 Å². The van der Waals surface area contributed by atoms with Gasteiger partial charge in [-0.15, -0.1) is 0 Å². The molecule has 0 spiro atoms. The second-order valence-corrected chi connectivity index (χ2v) is 4.64. The van der Waals surface area contributed by atoms with Gasteiger partial charge in [0.05, 0.1) is 0 Å². The topological polar surface area (TPSA) is 76.7 Å². The molecular formula is C16H19N3O2. The Morgan fingerprint density at radius 3 is 2.81 bits per heavy atom. The van der Waals surface area contributed by atoms with Gasteiger partial charge in [0.15, 0.2) is 0 Å². The summed E-state index contributed by atoms with van der Waals surface area (Å²) in [5.41, 5.74) is 6.19. The Hall–Kier alpha value is -2.56. The Morgan fingerprint density at radius 2 is 2.00 bits per heavy atom. The first kappa shape index (κ1) is 14.8. The average molecular weight is 285 g/mol. The van der Waals surface area contributed by atoms with Crippen LogP contribution in [0.15, 0.2) is 47.6 Å². The Morgan fingerprint density at radius 1 is 1.24 bits per heavy atom. The van der Waals surface area contributed by atoms with E-state index in [1.165, 1.54) is 0 Å². The number of oxime groups is 1. The van der Waals surface area contributed by atoms with Crippen molar-refractivity contribution < 1.29 is 9.63 Å². The summed E-state index contributed by atoms with van der Waals surface area (Å²) in [6.45, 7) is 2.54. The molecule has 2 rings (SSSR count). The van der Waals surface area contributed by atoms with Crippen molar-refractivity contribution in [3.63, 3.8) is 0 Å². The number of unbranched alkanes of at least 4 members (excludes halogenated alkanes) is 1. The predicted molar refractivity (Wildman–Crippen MR) is 83.9 cm³/mol. The number of carbonyl (C=O) groups excluding carboxylic acids is 1. The molecule has 0 fully saturated rings. The maximum absolute atomic E-state index is 12.2. The van der Waals surface area contributed by atoms with E-state index in [4.69, 9.17) is 10.6 Å². The van der Waals surface area contributed by atoms with Crippen molar-refractivity contribution in [2.45, 2.75) is 19.8 Å². The zero-order valence-corrected chi connectivity index (χ0v) is 12.0. The molecule has 2 aromatic carbocycles. The third-order valence-corrected chi connectivity index (χ3v) is 3.03. The maximum atomic E-state index is 12.2. The Balaban J connectivity index is 2.08. The second kappa shape index (κ2) is 7.28. The second-order valence-electron chi connectivity index (χ2n) is 4.64. The molecule has 0 saturated heterocycles. The molecule has 0 aliphatic heterocycles. The van der Waals surface area contributed by atoms with Gasteiger partial charge in [0, 0.05) is 5.56 Å². The quantitative estimate of drug-likeness (QED) is 0.384. The van der Waals surface area contributed by atoms with E-state index in [9.17, 15) is 4.79 Å². The highest BCUT2D eigenvalue weighted by molar-refractivity contribution is 6.12. The number of nitrogens with two attached hydrogens (primary N) is 1. The highest BCUT2D eigenvalue weighted by Crippen LogP contribution is 2.18. The van der Waals surface area contributed by atoms with Crippen LogP contribution in [0.4, 0.5) is 0 Å². The van der Waals surface area contributed by atoms with E-state index in [1.54, 1.807) is 6.07 Å². The predicted octanol–water partition coefficient (Wildman–Crippen LogP) is 2.62. The summed E-state index contributed by atoms with van der Waals surface area (Å²) >= 11 is 0. The van der Waals surface area contributed by atoms with Gasteiger partial charge < -0.3 is 10.6 Å². The van der Waals surface area contributed by atoms with Crippen LogP contribution in [0, 0.1) is 0 Å². The van der Waals surface area contributed by atoms with Gasteiger partial charge in [0.1, 0.15) is 6.61 Å². The Bertz CT molecular complexity index is 648. The molecule has 0 bridgehead atoms. The van der Waals surface area contributed by atoms with E-state index < -0.39 is 0 Å². The molecule has 0 aliphatic carbocycles. The molecule has 0 radical (unpaired) electrons. The van der Waals surface area contributed by atoms with Gasteiger partial charge >= 0.3 is 0 Å². The lowest BCUT2D eigenvalue weighted by atomic mass is 10.0. The molecule has 110 valence electrons. The summed E-state index contributed by atoms with van der Waals surface area (Å²) in [6, 6.07) is 13.2. The first-order valence-corrected chi connectivity index (χ1v) is 6.97. The minimum atomic E-state index is -0.299. The normalized spacial score (nSPS) is 11.4. The number of guanidine groups is 1. The minimum absolute atomic E-state index is 0.0379. The van der Waals surface area contributed by atoms with Gasteiger partial charge in [-0.2, -0.15) is 0 Å². The van der Waals surface area contributed by atoms with E-state index in [-0.39, 0.29) is 11.9 Å². The molecule has 0 aliphatic rings. The van der Waals surface area contributed by atoms with Gasteiger partial charge in [-0.05, 0) is 28.4 Å². The van der Waals surface area contributed by atoms with Crippen LogP contribution in [0.5, 0.6) is 0 Å². The van der Waals surface area contributed by atoms with Crippen LogP contribution in [0.1, 0.15) is 30.1 Å². The first-order chi connectivity index (χ1) is 10.2. The fourth-order valence-corrected chi connectivity index (χ4v) is 1.95. The highest BCUT2D eigenvalue weighted by Gasteiger charge is 2.10. The third kappa shape index (κ3) is 3.95. The van der Waals surface area contributed by atoms with Crippen LogP contribution in [-0.4, -0.2) is 18.5 Å². The van der Waals surface area contributed by atoms with E-state index in [1.807, 2.05) is 36.4 Å². The number of nitrogens with one attached hydrogen (secondary N) is 1. The molecular weight excluding hydrogens is 266 g/mol. The van der Waals surface area contributed by atoms with Crippen molar-refractivity contribution in [2.75, 3.05) is 6.61 Å². The lowest BCUT2D eigenvalue weighted by Crippen LogP contribution is -2.37. The van der Waals surface area contributed by atoms with Crippen LogP contribution in [0.3, 0.4) is 0 Å². The van der Waals surface area contributed by atoms with E-state index in [0.717, 1.165) is 23.6 Å². The lowest BCUT2D eigenvalue weighted by molar-refractivity contribution is 0.0971. The molecule has 21 heavy (non-hydrogen) atoms. The molecule has 0 saturated carbocycles. The largest absolute Gasteiger partial charge is 0.393 e. The molecule has 0 heterocycles. The number of benzene rings is 2. The van der Waals surface area contributed by atoms with Gasteiger partial charge in [0.25, 0.3) is 5.91 Å². The number of fused-ring (bicyclic) bond motifs is 1. The van der Waals surface area contributed by atoms with Crippen LogP contribution in [0.25, 0.3) is 10.8 Å². The zero-order chi connectivity index (χ0) is 15.1. The highest BCUT2D eigenvalue weighted by atomic mass is 16.6. The summed E-state index contributed by atoms with van der Waals surface area (Å²) in [5.74, 6) is -0.337. The van der Waals surface area contributed by atoms with Crippen molar-refractivity contribution in [2.24, 2.45) is 10.9 Å². The Kier molecular flexibility index (Phi) is 5.15. The minimum Gasteiger partial charge on any atom is -0.393 e. The monoisotopic (exact) mass is 285 g/mol. The number of hydrogen-bond donors (Lipinski definition) is 2. The smallest absolute Gasteiger partial charge is 0.258 e. The van der Waals surface area contributed by atoms with Crippen LogP contribution in [-0.2, 0) is 4.84 Å². The average Bonchev–Trinajstić information content (AvgIpc) is 2.51. The van der Waals surface area contributed by atoms with Gasteiger partial charge in [-0.1, -0.05) is 49.7 Å². The molecule has 1 amide bonds. The summed E-state index contributed by atoms with van der Waals surface area (Å²) in [4.78, 5) is 17.2. The van der Waals surface area contributed by atoms with Crippen LogP contribution in [0.2, 0.25) is 0 Å². The maximum Gasteiger partial charge on any atom is 0.258 e.